The van der Waals surface area contributed by atoms with E-state index in [9.17, 15) is 9.59 Å². The topological polar surface area (TPSA) is 77.8 Å². The molecule has 0 radical (unpaired) electrons. The number of benzene rings is 1. The number of hydrogen-bond donors (Lipinski definition) is 1. The summed E-state index contributed by atoms with van der Waals surface area (Å²) in [6.45, 7) is 3.60. The minimum Gasteiger partial charge on any atom is -0.484 e. The van der Waals surface area contributed by atoms with Crippen LogP contribution in [0.25, 0.3) is 0 Å². The number of ether oxygens (including phenoxy) is 2. The van der Waals surface area contributed by atoms with Gasteiger partial charge in [-0.2, -0.15) is 0 Å². The summed E-state index contributed by atoms with van der Waals surface area (Å²) in [6, 6.07) is 8.15. The minimum atomic E-state index is -0.530. The molecular weight excluding hydrogens is 381 g/mol. The third-order valence-corrected chi connectivity index (χ3v) is 3.90. The van der Waals surface area contributed by atoms with Crippen LogP contribution in [0.5, 0.6) is 5.75 Å². The molecule has 1 heterocycles. The molecule has 0 unspecified atom stereocenters. The summed E-state index contributed by atoms with van der Waals surface area (Å²) in [5.74, 6) is -0.0993. The highest BCUT2D eigenvalue weighted by molar-refractivity contribution is 6.42. The van der Waals surface area contributed by atoms with E-state index < -0.39 is 11.9 Å². The van der Waals surface area contributed by atoms with E-state index in [4.69, 9.17) is 37.1 Å². The Morgan fingerprint density at radius 1 is 1.23 bits per heavy atom. The van der Waals surface area contributed by atoms with Crippen LogP contribution in [-0.2, 0) is 16.1 Å². The summed E-state index contributed by atoms with van der Waals surface area (Å²) in [6.07, 6.45) is 1.19. The van der Waals surface area contributed by atoms with E-state index in [1.165, 1.54) is 12.1 Å². The monoisotopic (exact) mass is 397 g/mol. The second kappa shape index (κ2) is 9.31. The van der Waals surface area contributed by atoms with Crippen LogP contribution in [0, 0.1) is 0 Å². The molecule has 0 aliphatic rings. The van der Waals surface area contributed by atoms with Gasteiger partial charge in [0, 0.05) is 11.8 Å². The molecule has 6 nitrogen and oxygen atoms in total. The predicted molar refractivity (Wildman–Crippen MR) is 97.4 cm³/mol. The second-order valence-corrected chi connectivity index (χ2v) is 5.93. The number of carbonyl (C=O) groups excluding carboxylic acids is 2. The van der Waals surface area contributed by atoms with Gasteiger partial charge in [0.15, 0.2) is 5.76 Å². The number of hydrogen-bond acceptors (Lipinski definition) is 5. The van der Waals surface area contributed by atoms with E-state index >= 15 is 0 Å². The van der Waals surface area contributed by atoms with Crippen LogP contribution in [-0.4, -0.2) is 18.5 Å². The number of allylic oxidation sites excluding steroid dienone is 1. The van der Waals surface area contributed by atoms with Crippen molar-refractivity contribution in [1.82, 2.24) is 5.32 Å². The Morgan fingerprint density at radius 2 is 2.00 bits per heavy atom. The van der Waals surface area contributed by atoms with Crippen molar-refractivity contribution in [2.75, 3.05) is 6.61 Å². The van der Waals surface area contributed by atoms with Gasteiger partial charge < -0.3 is 19.2 Å². The molecule has 0 spiro atoms. The highest BCUT2D eigenvalue weighted by atomic mass is 35.5. The van der Waals surface area contributed by atoms with Gasteiger partial charge in [0.25, 0.3) is 5.91 Å². The third-order valence-electron chi connectivity index (χ3n) is 3.10. The zero-order valence-electron chi connectivity index (χ0n) is 14.2. The van der Waals surface area contributed by atoms with E-state index in [2.05, 4.69) is 5.32 Å². The molecule has 1 N–H and O–H groups in total. The van der Waals surface area contributed by atoms with Crippen molar-refractivity contribution in [3.8, 4) is 5.75 Å². The fourth-order valence-electron chi connectivity index (χ4n) is 1.96. The number of furan rings is 1. The van der Waals surface area contributed by atoms with Crippen LogP contribution in [0.15, 0.2) is 46.5 Å². The maximum atomic E-state index is 12.1. The molecule has 2 rings (SSSR count). The maximum Gasteiger partial charge on any atom is 0.332 e. The van der Waals surface area contributed by atoms with Gasteiger partial charge in [-0.25, -0.2) is 4.79 Å². The highest BCUT2D eigenvalue weighted by Gasteiger charge is 2.13. The Bertz CT molecular complexity index is 829. The summed E-state index contributed by atoms with van der Waals surface area (Å²) < 4.78 is 15.7. The van der Waals surface area contributed by atoms with E-state index in [-0.39, 0.29) is 19.0 Å². The van der Waals surface area contributed by atoms with E-state index in [0.717, 1.165) is 0 Å². The molecule has 1 amide bonds. The molecule has 0 atom stereocenters. The van der Waals surface area contributed by atoms with Gasteiger partial charge in [0.2, 0.25) is 0 Å². The van der Waals surface area contributed by atoms with Crippen LogP contribution < -0.4 is 10.1 Å². The first-order chi connectivity index (χ1) is 12.4. The fourth-order valence-corrected chi connectivity index (χ4v) is 2.31. The van der Waals surface area contributed by atoms with Crippen LogP contribution >= 0.6 is 23.2 Å². The first kappa shape index (κ1) is 19.9. The van der Waals surface area contributed by atoms with Gasteiger partial charge in [0.05, 0.1) is 11.6 Å². The highest BCUT2D eigenvalue weighted by Crippen LogP contribution is 2.32. The van der Waals surface area contributed by atoms with E-state index in [0.29, 0.717) is 27.3 Å². The molecule has 26 heavy (non-hydrogen) atoms. The number of amides is 1. The molecule has 2 aromatic rings. The number of nitrogens with one attached hydrogen (secondary N) is 1. The number of esters is 1. The minimum absolute atomic E-state index is 0.0744. The van der Waals surface area contributed by atoms with Crippen LogP contribution in [0.1, 0.15) is 30.2 Å². The molecule has 0 aliphatic carbocycles. The summed E-state index contributed by atoms with van der Waals surface area (Å²) in [5.41, 5.74) is 0.341. The molecule has 138 valence electrons. The Hall–Kier alpha value is -2.44. The van der Waals surface area contributed by atoms with E-state index in [1.807, 2.05) is 0 Å². The molecule has 0 bridgehead atoms. The summed E-state index contributed by atoms with van der Waals surface area (Å²) in [7, 11) is 0. The van der Waals surface area contributed by atoms with E-state index in [1.54, 1.807) is 38.1 Å². The lowest BCUT2D eigenvalue weighted by molar-refractivity contribution is -0.137. The average molecular weight is 398 g/mol. The molecule has 1 aromatic carbocycles. The van der Waals surface area contributed by atoms with Crippen molar-refractivity contribution >= 4 is 35.1 Å². The van der Waals surface area contributed by atoms with Gasteiger partial charge in [-0.05, 0) is 38.1 Å². The lowest BCUT2D eigenvalue weighted by atomic mass is 10.3. The first-order valence-electron chi connectivity index (χ1n) is 7.72. The third kappa shape index (κ3) is 5.54. The Kier molecular flexibility index (Phi) is 7.12. The molecule has 0 saturated carbocycles. The van der Waals surface area contributed by atoms with Gasteiger partial charge >= 0.3 is 5.97 Å². The maximum absolute atomic E-state index is 12.1. The van der Waals surface area contributed by atoms with Crippen molar-refractivity contribution < 1.29 is 23.5 Å². The lowest BCUT2D eigenvalue weighted by Crippen LogP contribution is -2.21. The Morgan fingerprint density at radius 3 is 2.73 bits per heavy atom. The summed E-state index contributed by atoms with van der Waals surface area (Å²) in [4.78, 5) is 23.4. The summed E-state index contributed by atoms with van der Waals surface area (Å²) in [5, 5.41) is 3.22. The number of halogens is 2. The van der Waals surface area contributed by atoms with Crippen molar-refractivity contribution in [2.24, 2.45) is 0 Å². The van der Waals surface area contributed by atoms with Crippen LogP contribution in [0.2, 0.25) is 10.0 Å². The average Bonchev–Trinajstić information content (AvgIpc) is 3.05. The summed E-state index contributed by atoms with van der Waals surface area (Å²) >= 11 is 12.0. The fraction of sp³-hybridized carbons (Fsp3) is 0.222. The quantitative estimate of drug-likeness (QED) is 0.554. The van der Waals surface area contributed by atoms with Crippen molar-refractivity contribution in [3.05, 3.63) is 63.7 Å². The lowest BCUT2D eigenvalue weighted by Gasteiger charge is -2.07. The Balaban J connectivity index is 1.95. The van der Waals surface area contributed by atoms with Gasteiger partial charge in [0.1, 0.15) is 23.1 Å². The zero-order valence-corrected chi connectivity index (χ0v) is 15.7. The molecule has 0 fully saturated rings. The molecule has 0 aliphatic heterocycles. The number of carbonyl (C=O) groups is 2. The van der Waals surface area contributed by atoms with Crippen molar-refractivity contribution in [3.63, 3.8) is 0 Å². The molecule has 0 saturated heterocycles. The van der Waals surface area contributed by atoms with Gasteiger partial charge in [-0.1, -0.05) is 29.3 Å². The zero-order chi connectivity index (χ0) is 19.1. The smallest absolute Gasteiger partial charge is 0.332 e. The van der Waals surface area contributed by atoms with Crippen molar-refractivity contribution in [1.29, 1.82) is 0 Å². The Labute approximate surface area is 160 Å². The van der Waals surface area contributed by atoms with Gasteiger partial charge in [-0.15, -0.1) is 0 Å². The number of rotatable bonds is 7. The standard InChI is InChI=1S/C18H17Cl2NO5/c1-3-24-16(22)9-11(2)21-18(23)15-8-7-12(26-15)10-25-14-6-4-5-13(19)17(14)20/h4-9H,3,10H2,1-2H3,(H,21,23)/b11-9+. The normalized spacial score (nSPS) is 11.2. The molecular formula is C18H17Cl2NO5. The van der Waals surface area contributed by atoms with Gasteiger partial charge in [-0.3, -0.25) is 4.79 Å². The molecule has 1 aromatic heterocycles. The van der Waals surface area contributed by atoms with Crippen LogP contribution in [0.3, 0.4) is 0 Å². The second-order valence-electron chi connectivity index (χ2n) is 5.14. The van der Waals surface area contributed by atoms with Crippen LogP contribution in [0.4, 0.5) is 0 Å². The molecule has 8 heteroatoms. The SMILES string of the molecule is CCOC(=O)/C=C(\C)NC(=O)c1ccc(COc2cccc(Cl)c2Cl)o1. The predicted octanol–water partition coefficient (Wildman–Crippen LogP) is 4.36. The largest absolute Gasteiger partial charge is 0.484 e. The first-order valence-corrected chi connectivity index (χ1v) is 8.48. The van der Waals surface area contributed by atoms with Crippen molar-refractivity contribution in [2.45, 2.75) is 20.5 Å².